The number of aryl methyl sites for hydroxylation is 1. The van der Waals surface area contributed by atoms with Crippen LogP contribution in [0.3, 0.4) is 0 Å². The van der Waals surface area contributed by atoms with Crippen molar-refractivity contribution in [1.82, 2.24) is 34.7 Å². The molecule has 0 atom stereocenters. The van der Waals surface area contributed by atoms with Gasteiger partial charge in [0.05, 0.1) is 5.75 Å². The van der Waals surface area contributed by atoms with E-state index in [9.17, 15) is 0 Å². The van der Waals surface area contributed by atoms with E-state index < -0.39 is 0 Å². The number of rotatable bonds is 7. The molecule has 156 valence electrons. The topological polar surface area (TPSA) is 120 Å². The molecule has 1 aliphatic carbocycles. The Morgan fingerprint density at radius 3 is 2.55 bits per heavy atom. The lowest BCUT2D eigenvalue weighted by atomic mass is 10.2. The zero-order valence-corrected chi connectivity index (χ0v) is 17.8. The predicted molar refractivity (Wildman–Crippen MR) is 120 cm³/mol. The number of aromatic nitrogens is 7. The molecule has 4 aromatic rings. The van der Waals surface area contributed by atoms with Crippen LogP contribution in [-0.2, 0) is 5.75 Å². The van der Waals surface area contributed by atoms with Gasteiger partial charge in [-0.1, -0.05) is 29.5 Å². The number of benzene rings is 1. The number of nitrogens with zero attached hydrogens (tertiary/aromatic N) is 7. The smallest absolute Gasteiger partial charge is 0.232 e. The van der Waals surface area contributed by atoms with E-state index in [1.807, 2.05) is 43.3 Å². The molecule has 0 unspecified atom stereocenters. The van der Waals surface area contributed by atoms with Gasteiger partial charge in [0.25, 0.3) is 0 Å². The minimum Gasteiger partial charge on any atom is -0.368 e. The van der Waals surface area contributed by atoms with Crippen molar-refractivity contribution in [3.8, 4) is 11.4 Å². The van der Waals surface area contributed by atoms with Crippen LogP contribution in [0.5, 0.6) is 0 Å². The fourth-order valence-corrected chi connectivity index (χ4v) is 4.05. The lowest BCUT2D eigenvalue weighted by Crippen LogP contribution is -2.07. The number of pyridine rings is 1. The van der Waals surface area contributed by atoms with Crippen LogP contribution in [0.15, 0.2) is 53.9 Å². The largest absolute Gasteiger partial charge is 0.368 e. The Labute approximate surface area is 183 Å². The van der Waals surface area contributed by atoms with E-state index in [2.05, 4.69) is 40.0 Å². The molecular weight excluding hydrogens is 410 g/mol. The first-order chi connectivity index (χ1) is 15.2. The van der Waals surface area contributed by atoms with Gasteiger partial charge in [-0.25, -0.2) is 0 Å². The highest BCUT2D eigenvalue weighted by Gasteiger charge is 2.30. The summed E-state index contributed by atoms with van der Waals surface area (Å²) >= 11 is 1.55. The van der Waals surface area contributed by atoms with Gasteiger partial charge in [-0.2, -0.15) is 15.0 Å². The van der Waals surface area contributed by atoms with Gasteiger partial charge in [0.1, 0.15) is 5.82 Å². The summed E-state index contributed by atoms with van der Waals surface area (Å²) in [5.74, 6) is 2.57. The average molecular weight is 432 g/mol. The molecular formula is C21H21N9S. The summed E-state index contributed by atoms with van der Waals surface area (Å²) in [7, 11) is 0. The Bertz CT molecular complexity index is 1190. The van der Waals surface area contributed by atoms with Crippen LogP contribution >= 0.6 is 11.8 Å². The number of nitrogens with one attached hydrogen (secondary N) is 1. The van der Waals surface area contributed by atoms with E-state index in [4.69, 9.17) is 5.73 Å². The Hall–Kier alpha value is -3.53. The number of anilines is 3. The molecule has 9 nitrogen and oxygen atoms in total. The SMILES string of the molecule is Cc1ccc(Nc2nc(N)nc(CSc3nnc(-c4ccncc4)n3C3CC3)n2)cc1. The summed E-state index contributed by atoms with van der Waals surface area (Å²) in [6, 6.07) is 12.3. The van der Waals surface area contributed by atoms with Crippen molar-refractivity contribution in [2.24, 2.45) is 0 Å². The van der Waals surface area contributed by atoms with Gasteiger partial charge in [0.15, 0.2) is 11.0 Å². The zero-order valence-electron chi connectivity index (χ0n) is 16.9. The summed E-state index contributed by atoms with van der Waals surface area (Å²) in [5.41, 5.74) is 9.01. The van der Waals surface area contributed by atoms with Crippen LogP contribution in [0.4, 0.5) is 17.6 Å². The van der Waals surface area contributed by atoms with Crippen molar-refractivity contribution in [2.45, 2.75) is 36.7 Å². The number of hydrogen-bond acceptors (Lipinski definition) is 9. The minimum atomic E-state index is 0.182. The molecule has 3 N–H and O–H groups in total. The Kier molecular flexibility index (Phi) is 5.21. The monoisotopic (exact) mass is 431 g/mol. The first-order valence-corrected chi connectivity index (χ1v) is 11.0. The van der Waals surface area contributed by atoms with Crippen LogP contribution in [0.1, 0.15) is 30.3 Å². The lowest BCUT2D eigenvalue weighted by Gasteiger charge is -2.09. The number of thioether (sulfide) groups is 1. The standard InChI is InChI=1S/C21H21N9S/c1-13-2-4-15(5-3-13)24-20-26-17(25-19(22)27-20)12-31-21-29-28-18(30(21)16-6-7-16)14-8-10-23-11-9-14/h2-5,8-11,16H,6-7,12H2,1H3,(H3,22,24,25,26,27). The van der Waals surface area contributed by atoms with Crippen molar-refractivity contribution >= 4 is 29.3 Å². The van der Waals surface area contributed by atoms with Crippen LogP contribution < -0.4 is 11.1 Å². The highest BCUT2D eigenvalue weighted by atomic mass is 32.2. The van der Waals surface area contributed by atoms with E-state index in [0.29, 0.717) is 23.6 Å². The summed E-state index contributed by atoms with van der Waals surface area (Å²) in [6.07, 6.45) is 5.80. The van der Waals surface area contributed by atoms with Gasteiger partial charge >= 0.3 is 0 Å². The molecule has 3 heterocycles. The maximum atomic E-state index is 5.92. The third-order valence-electron chi connectivity index (χ3n) is 4.85. The van der Waals surface area contributed by atoms with Gasteiger partial charge in [0.2, 0.25) is 11.9 Å². The molecule has 10 heteroatoms. The maximum Gasteiger partial charge on any atom is 0.232 e. The van der Waals surface area contributed by atoms with E-state index in [-0.39, 0.29) is 5.95 Å². The fraction of sp³-hybridized carbons (Fsp3) is 0.238. The number of nitrogens with two attached hydrogens (primary N) is 1. The Morgan fingerprint density at radius 1 is 1.03 bits per heavy atom. The van der Waals surface area contributed by atoms with Gasteiger partial charge in [-0.3, -0.25) is 9.55 Å². The van der Waals surface area contributed by atoms with Crippen molar-refractivity contribution in [2.75, 3.05) is 11.1 Å². The van der Waals surface area contributed by atoms with Crippen LogP contribution in [0.25, 0.3) is 11.4 Å². The third-order valence-corrected chi connectivity index (χ3v) is 5.79. The molecule has 0 spiro atoms. The molecule has 5 rings (SSSR count). The second-order valence-corrected chi connectivity index (χ2v) is 8.30. The highest BCUT2D eigenvalue weighted by Crippen LogP contribution is 2.41. The molecule has 1 fully saturated rings. The molecule has 1 aliphatic rings. The second-order valence-electron chi connectivity index (χ2n) is 7.36. The van der Waals surface area contributed by atoms with Crippen molar-refractivity contribution in [3.05, 3.63) is 60.2 Å². The summed E-state index contributed by atoms with van der Waals surface area (Å²) < 4.78 is 2.20. The quantitative estimate of drug-likeness (QED) is 0.421. The number of hydrogen-bond donors (Lipinski definition) is 2. The van der Waals surface area contributed by atoms with Crippen LogP contribution in [-0.4, -0.2) is 34.7 Å². The van der Waals surface area contributed by atoms with Crippen molar-refractivity contribution in [3.63, 3.8) is 0 Å². The first kappa shape index (κ1) is 19.4. The zero-order chi connectivity index (χ0) is 21.2. The molecule has 1 aromatic carbocycles. The van der Waals surface area contributed by atoms with Crippen LogP contribution in [0.2, 0.25) is 0 Å². The molecule has 1 saturated carbocycles. The van der Waals surface area contributed by atoms with E-state index in [1.165, 1.54) is 5.56 Å². The summed E-state index contributed by atoms with van der Waals surface area (Å²) in [4.78, 5) is 17.1. The normalized spacial score (nSPS) is 13.3. The highest BCUT2D eigenvalue weighted by molar-refractivity contribution is 7.98. The van der Waals surface area contributed by atoms with Crippen LogP contribution in [0, 0.1) is 6.92 Å². The molecule has 0 radical (unpaired) electrons. The average Bonchev–Trinajstić information content (AvgIpc) is 3.53. The summed E-state index contributed by atoms with van der Waals surface area (Å²) in [5, 5.41) is 12.9. The Balaban J connectivity index is 1.35. The van der Waals surface area contributed by atoms with Gasteiger partial charge in [-0.05, 0) is 44.0 Å². The second kappa shape index (κ2) is 8.31. The Morgan fingerprint density at radius 2 is 1.81 bits per heavy atom. The fourth-order valence-electron chi connectivity index (χ4n) is 3.19. The first-order valence-electron chi connectivity index (χ1n) is 9.98. The molecule has 0 saturated heterocycles. The molecule has 31 heavy (non-hydrogen) atoms. The molecule has 0 amide bonds. The number of nitrogen functional groups attached to an aromatic ring is 1. The van der Waals surface area contributed by atoms with Gasteiger partial charge in [0, 0.05) is 29.7 Å². The van der Waals surface area contributed by atoms with Gasteiger partial charge in [-0.15, -0.1) is 10.2 Å². The van der Waals surface area contributed by atoms with E-state index in [1.54, 1.807) is 24.2 Å². The van der Waals surface area contributed by atoms with E-state index in [0.717, 1.165) is 35.1 Å². The third kappa shape index (κ3) is 4.48. The summed E-state index contributed by atoms with van der Waals surface area (Å²) in [6.45, 7) is 2.04. The molecule has 0 bridgehead atoms. The van der Waals surface area contributed by atoms with Crippen molar-refractivity contribution in [1.29, 1.82) is 0 Å². The predicted octanol–water partition coefficient (Wildman–Crippen LogP) is 3.79. The van der Waals surface area contributed by atoms with Crippen molar-refractivity contribution < 1.29 is 0 Å². The molecule has 3 aromatic heterocycles. The molecule has 0 aliphatic heterocycles. The maximum absolute atomic E-state index is 5.92. The van der Waals surface area contributed by atoms with E-state index >= 15 is 0 Å². The van der Waals surface area contributed by atoms with Gasteiger partial charge < -0.3 is 11.1 Å². The lowest BCUT2D eigenvalue weighted by molar-refractivity contribution is 0.669. The minimum absolute atomic E-state index is 0.182.